The Labute approximate surface area is 66.2 Å². The standard InChI is InChI=1S/C9H19P/c1-8-6-5-7-10(8)9(2,3)4/h8H,5-7H2,1-4H3. The molecule has 0 radical (unpaired) electrons. The van der Waals surface area contributed by atoms with Gasteiger partial charge in [0.2, 0.25) is 0 Å². The smallest absolute Gasteiger partial charge is 0.0177 e. The van der Waals surface area contributed by atoms with E-state index in [1.807, 2.05) is 0 Å². The fourth-order valence-electron chi connectivity index (χ4n) is 1.93. The molecule has 1 fully saturated rings. The van der Waals surface area contributed by atoms with E-state index in [0.717, 1.165) is 5.66 Å². The summed E-state index contributed by atoms with van der Waals surface area (Å²) in [4.78, 5) is 0. The van der Waals surface area contributed by atoms with Gasteiger partial charge in [0.25, 0.3) is 0 Å². The van der Waals surface area contributed by atoms with Crippen LogP contribution in [0.3, 0.4) is 0 Å². The molecule has 2 atom stereocenters. The van der Waals surface area contributed by atoms with Crippen molar-refractivity contribution in [3.8, 4) is 0 Å². The van der Waals surface area contributed by atoms with Gasteiger partial charge in [-0.3, -0.25) is 0 Å². The van der Waals surface area contributed by atoms with E-state index in [9.17, 15) is 0 Å². The van der Waals surface area contributed by atoms with Crippen LogP contribution in [0.5, 0.6) is 0 Å². The summed E-state index contributed by atoms with van der Waals surface area (Å²) in [7, 11) is 0.353. The molecule has 0 saturated carbocycles. The molecule has 1 heterocycles. The van der Waals surface area contributed by atoms with Gasteiger partial charge >= 0.3 is 0 Å². The lowest BCUT2D eigenvalue weighted by molar-refractivity contribution is 0.768. The van der Waals surface area contributed by atoms with Crippen LogP contribution in [0.15, 0.2) is 0 Å². The molecule has 1 heteroatoms. The zero-order valence-electron chi connectivity index (χ0n) is 7.65. The molecule has 10 heavy (non-hydrogen) atoms. The zero-order valence-corrected chi connectivity index (χ0v) is 8.54. The van der Waals surface area contributed by atoms with E-state index in [1.54, 1.807) is 0 Å². The topological polar surface area (TPSA) is 0 Å². The summed E-state index contributed by atoms with van der Waals surface area (Å²) in [6, 6.07) is 0. The third-order valence-electron chi connectivity index (χ3n) is 2.41. The van der Waals surface area contributed by atoms with Gasteiger partial charge in [-0.15, -0.1) is 0 Å². The van der Waals surface area contributed by atoms with Crippen LogP contribution in [0, 0.1) is 0 Å². The van der Waals surface area contributed by atoms with Crippen LogP contribution >= 0.6 is 7.92 Å². The second kappa shape index (κ2) is 2.81. The van der Waals surface area contributed by atoms with Crippen LogP contribution in [0.25, 0.3) is 0 Å². The molecule has 0 aliphatic carbocycles. The van der Waals surface area contributed by atoms with E-state index in [4.69, 9.17) is 0 Å². The highest BCUT2D eigenvalue weighted by Crippen LogP contribution is 2.58. The summed E-state index contributed by atoms with van der Waals surface area (Å²) < 4.78 is 0. The minimum absolute atomic E-state index is 0.353. The highest BCUT2D eigenvalue weighted by atomic mass is 31.1. The third kappa shape index (κ3) is 1.72. The lowest BCUT2D eigenvalue weighted by Crippen LogP contribution is -2.15. The lowest BCUT2D eigenvalue weighted by Gasteiger charge is -2.31. The first kappa shape index (κ1) is 8.53. The monoisotopic (exact) mass is 158 g/mol. The van der Waals surface area contributed by atoms with Gasteiger partial charge in [-0.25, -0.2) is 0 Å². The van der Waals surface area contributed by atoms with E-state index in [0.29, 0.717) is 13.1 Å². The molecule has 0 amide bonds. The Morgan fingerprint density at radius 3 is 2.10 bits per heavy atom. The first-order valence-corrected chi connectivity index (χ1v) is 5.88. The Morgan fingerprint density at radius 2 is 1.90 bits per heavy atom. The Morgan fingerprint density at radius 1 is 1.30 bits per heavy atom. The maximum Gasteiger partial charge on any atom is -0.0177 e. The minimum Gasteiger partial charge on any atom is -0.0983 e. The van der Waals surface area contributed by atoms with Crippen LogP contribution < -0.4 is 0 Å². The van der Waals surface area contributed by atoms with E-state index < -0.39 is 0 Å². The molecular formula is C9H19P. The number of hydrogen-bond acceptors (Lipinski definition) is 0. The van der Waals surface area contributed by atoms with E-state index in [1.165, 1.54) is 19.0 Å². The summed E-state index contributed by atoms with van der Waals surface area (Å²) in [5, 5.41) is 0.616. The lowest BCUT2D eigenvalue weighted by atomic mass is 10.3. The molecule has 0 aromatic rings. The summed E-state index contributed by atoms with van der Waals surface area (Å²) in [5.74, 6) is 0. The van der Waals surface area contributed by atoms with Gasteiger partial charge in [0.15, 0.2) is 0 Å². The maximum absolute atomic E-state index is 2.43. The molecule has 0 nitrogen and oxygen atoms in total. The minimum atomic E-state index is 0.353. The van der Waals surface area contributed by atoms with Crippen molar-refractivity contribution in [1.82, 2.24) is 0 Å². The third-order valence-corrected chi connectivity index (χ3v) is 6.26. The van der Waals surface area contributed by atoms with E-state index >= 15 is 0 Å². The fourth-order valence-corrected chi connectivity index (χ4v) is 5.38. The van der Waals surface area contributed by atoms with Crippen molar-refractivity contribution in [3.05, 3.63) is 0 Å². The zero-order chi connectivity index (χ0) is 7.78. The second-order valence-corrected chi connectivity index (χ2v) is 7.97. The predicted octanol–water partition coefficient (Wildman–Crippen LogP) is 3.45. The molecule has 0 aromatic heterocycles. The molecule has 1 aliphatic rings. The van der Waals surface area contributed by atoms with Crippen molar-refractivity contribution in [1.29, 1.82) is 0 Å². The van der Waals surface area contributed by atoms with Crippen molar-refractivity contribution < 1.29 is 0 Å². The molecule has 0 spiro atoms. The van der Waals surface area contributed by atoms with E-state index in [2.05, 4.69) is 27.7 Å². The molecule has 1 rings (SSSR count). The van der Waals surface area contributed by atoms with Gasteiger partial charge in [0.05, 0.1) is 0 Å². The Hall–Kier alpha value is 0.430. The van der Waals surface area contributed by atoms with Gasteiger partial charge in [-0.05, 0) is 29.8 Å². The molecule has 0 N–H and O–H groups in total. The molecule has 1 aliphatic heterocycles. The number of hydrogen-bond donors (Lipinski definition) is 0. The van der Waals surface area contributed by atoms with Crippen molar-refractivity contribution in [3.63, 3.8) is 0 Å². The molecule has 2 unspecified atom stereocenters. The molecule has 60 valence electrons. The van der Waals surface area contributed by atoms with Crippen molar-refractivity contribution >= 4 is 7.92 Å². The average Bonchev–Trinajstić information content (AvgIpc) is 2.11. The second-order valence-electron chi connectivity index (χ2n) is 4.36. The Balaban J connectivity index is 2.55. The first-order chi connectivity index (χ1) is 4.52. The fraction of sp³-hybridized carbons (Fsp3) is 1.00. The predicted molar refractivity (Wildman–Crippen MR) is 50.2 cm³/mol. The van der Waals surface area contributed by atoms with Crippen LogP contribution in [0.4, 0.5) is 0 Å². The van der Waals surface area contributed by atoms with Crippen LogP contribution in [0.1, 0.15) is 40.5 Å². The van der Waals surface area contributed by atoms with Crippen molar-refractivity contribution in [2.24, 2.45) is 0 Å². The number of rotatable bonds is 0. The average molecular weight is 158 g/mol. The molecular weight excluding hydrogens is 139 g/mol. The molecule has 1 saturated heterocycles. The van der Waals surface area contributed by atoms with Crippen LogP contribution in [-0.2, 0) is 0 Å². The van der Waals surface area contributed by atoms with Gasteiger partial charge in [-0.1, -0.05) is 35.6 Å². The van der Waals surface area contributed by atoms with Crippen molar-refractivity contribution in [2.75, 3.05) is 6.16 Å². The highest BCUT2D eigenvalue weighted by molar-refractivity contribution is 7.60. The maximum atomic E-state index is 2.43. The van der Waals surface area contributed by atoms with Crippen LogP contribution in [-0.4, -0.2) is 17.0 Å². The van der Waals surface area contributed by atoms with Gasteiger partial charge in [0, 0.05) is 0 Å². The molecule has 0 bridgehead atoms. The summed E-state index contributed by atoms with van der Waals surface area (Å²) in [6.45, 7) is 9.64. The van der Waals surface area contributed by atoms with Gasteiger partial charge in [-0.2, -0.15) is 0 Å². The first-order valence-electron chi connectivity index (χ1n) is 4.28. The SMILES string of the molecule is CC1CCCP1C(C)(C)C. The highest BCUT2D eigenvalue weighted by Gasteiger charge is 2.32. The van der Waals surface area contributed by atoms with Crippen LogP contribution in [0.2, 0.25) is 0 Å². The van der Waals surface area contributed by atoms with Gasteiger partial charge < -0.3 is 0 Å². The summed E-state index contributed by atoms with van der Waals surface area (Å²) in [5.41, 5.74) is 1.04. The van der Waals surface area contributed by atoms with Crippen molar-refractivity contribution in [2.45, 2.75) is 51.4 Å². The Bertz CT molecular complexity index is 112. The Kier molecular flexibility index (Phi) is 2.40. The normalized spacial score (nSPS) is 34.8. The van der Waals surface area contributed by atoms with E-state index in [-0.39, 0.29) is 0 Å². The van der Waals surface area contributed by atoms with Gasteiger partial charge in [0.1, 0.15) is 0 Å². The summed E-state index contributed by atoms with van der Waals surface area (Å²) in [6.07, 6.45) is 4.51. The summed E-state index contributed by atoms with van der Waals surface area (Å²) >= 11 is 0. The largest absolute Gasteiger partial charge is 0.0983 e. The quantitative estimate of drug-likeness (QED) is 0.474. The molecule has 0 aromatic carbocycles.